The van der Waals surface area contributed by atoms with Gasteiger partial charge in [0, 0.05) is 7.05 Å². The lowest BCUT2D eigenvalue weighted by molar-refractivity contribution is 0.462. The van der Waals surface area contributed by atoms with E-state index in [4.69, 9.17) is 0 Å². The van der Waals surface area contributed by atoms with E-state index in [0.29, 0.717) is 0 Å². The summed E-state index contributed by atoms with van der Waals surface area (Å²) in [5.41, 5.74) is 1.14. The average Bonchev–Trinajstić information content (AvgIpc) is 2.43. The molecule has 78 valence electrons. The summed E-state index contributed by atoms with van der Waals surface area (Å²) >= 11 is 0. The first-order valence-electron chi connectivity index (χ1n) is 5.40. The van der Waals surface area contributed by atoms with Crippen LogP contribution in [-0.2, 0) is 13.5 Å². The summed E-state index contributed by atoms with van der Waals surface area (Å²) in [7, 11) is 1.87. The fourth-order valence-electron chi connectivity index (χ4n) is 2.07. The highest BCUT2D eigenvalue weighted by Gasteiger charge is 2.13. The van der Waals surface area contributed by atoms with E-state index in [1.54, 1.807) is 4.80 Å². The molecule has 1 unspecified atom stereocenters. The van der Waals surface area contributed by atoms with E-state index in [1.165, 1.54) is 25.8 Å². The van der Waals surface area contributed by atoms with Gasteiger partial charge in [-0.25, -0.2) is 0 Å². The molecule has 0 aliphatic carbocycles. The molecule has 0 saturated carbocycles. The summed E-state index contributed by atoms with van der Waals surface area (Å²) in [5, 5.41) is 11.8. The average molecular weight is 194 g/mol. The number of hydrogen-bond acceptors (Lipinski definition) is 3. The maximum atomic E-state index is 4.32. The zero-order valence-corrected chi connectivity index (χ0v) is 8.74. The molecular weight excluding hydrogens is 176 g/mol. The molecule has 0 bridgehead atoms. The molecule has 0 radical (unpaired) electrons. The van der Waals surface area contributed by atoms with Crippen LogP contribution < -0.4 is 5.32 Å². The van der Waals surface area contributed by atoms with Crippen molar-refractivity contribution < 1.29 is 0 Å². The summed E-state index contributed by atoms with van der Waals surface area (Å²) < 4.78 is 0. The van der Waals surface area contributed by atoms with Crippen LogP contribution in [0.1, 0.15) is 25.0 Å². The third kappa shape index (κ3) is 2.54. The van der Waals surface area contributed by atoms with E-state index in [9.17, 15) is 0 Å². The Morgan fingerprint density at radius 3 is 3.21 bits per heavy atom. The minimum absolute atomic E-state index is 0.793. The first kappa shape index (κ1) is 9.65. The van der Waals surface area contributed by atoms with Gasteiger partial charge in [0.2, 0.25) is 0 Å². The molecule has 1 fully saturated rings. The second kappa shape index (κ2) is 4.55. The van der Waals surface area contributed by atoms with E-state index in [0.717, 1.165) is 24.6 Å². The summed E-state index contributed by atoms with van der Waals surface area (Å²) in [6.07, 6.45) is 6.87. The van der Waals surface area contributed by atoms with Crippen molar-refractivity contribution in [3.05, 3.63) is 11.9 Å². The minimum atomic E-state index is 0.793. The van der Waals surface area contributed by atoms with Crippen LogP contribution in [0.15, 0.2) is 6.20 Å². The zero-order chi connectivity index (χ0) is 9.80. The normalized spacial score (nSPS) is 23.4. The molecule has 4 nitrogen and oxygen atoms in total. The largest absolute Gasteiger partial charge is 0.317 e. The molecule has 4 heteroatoms. The third-order valence-corrected chi connectivity index (χ3v) is 2.84. The molecule has 1 saturated heterocycles. The van der Waals surface area contributed by atoms with Gasteiger partial charge in [-0.05, 0) is 44.7 Å². The van der Waals surface area contributed by atoms with Crippen molar-refractivity contribution in [3.8, 4) is 0 Å². The van der Waals surface area contributed by atoms with Crippen LogP contribution in [-0.4, -0.2) is 28.1 Å². The maximum Gasteiger partial charge on any atom is 0.0829 e. The lowest BCUT2D eigenvalue weighted by atomic mass is 9.96. The zero-order valence-electron chi connectivity index (χ0n) is 8.74. The Morgan fingerprint density at radius 2 is 2.43 bits per heavy atom. The molecule has 1 aliphatic rings. The van der Waals surface area contributed by atoms with Crippen molar-refractivity contribution in [1.29, 1.82) is 0 Å². The van der Waals surface area contributed by atoms with E-state index in [1.807, 2.05) is 13.2 Å². The molecule has 1 aromatic heterocycles. The molecule has 14 heavy (non-hydrogen) atoms. The van der Waals surface area contributed by atoms with Crippen molar-refractivity contribution in [2.24, 2.45) is 13.0 Å². The third-order valence-electron chi connectivity index (χ3n) is 2.84. The lowest BCUT2D eigenvalue weighted by Gasteiger charge is -2.10. The Morgan fingerprint density at radius 1 is 1.50 bits per heavy atom. The predicted octanol–water partition coefficient (Wildman–Crippen LogP) is 0.747. The van der Waals surface area contributed by atoms with Gasteiger partial charge in [-0.2, -0.15) is 15.0 Å². The van der Waals surface area contributed by atoms with Gasteiger partial charge in [-0.3, -0.25) is 0 Å². The number of hydrogen-bond donors (Lipinski definition) is 1. The Hall–Kier alpha value is -0.900. The lowest BCUT2D eigenvalue weighted by Crippen LogP contribution is -2.14. The van der Waals surface area contributed by atoms with Gasteiger partial charge in [0.15, 0.2) is 0 Å². The van der Waals surface area contributed by atoms with Crippen molar-refractivity contribution in [2.75, 3.05) is 13.1 Å². The quantitative estimate of drug-likeness (QED) is 0.755. The summed E-state index contributed by atoms with van der Waals surface area (Å²) in [6, 6.07) is 0. The molecule has 0 amide bonds. The van der Waals surface area contributed by atoms with E-state index in [2.05, 4.69) is 15.5 Å². The Balaban J connectivity index is 1.89. The Bertz CT molecular complexity index is 273. The summed E-state index contributed by atoms with van der Waals surface area (Å²) in [6.45, 7) is 2.34. The second-order valence-corrected chi connectivity index (χ2v) is 4.08. The number of nitrogens with zero attached hydrogens (tertiary/aromatic N) is 3. The second-order valence-electron chi connectivity index (χ2n) is 4.08. The molecular formula is C10H18N4. The maximum absolute atomic E-state index is 4.32. The van der Waals surface area contributed by atoms with Crippen molar-refractivity contribution in [1.82, 2.24) is 20.3 Å². The highest BCUT2D eigenvalue weighted by Crippen LogP contribution is 2.17. The molecule has 1 aromatic rings. The smallest absolute Gasteiger partial charge is 0.0829 e. The number of nitrogens with one attached hydrogen (secondary N) is 1. The fourth-order valence-corrected chi connectivity index (χ4v) is 2.07. The first-order chi connectivity index (χ1) is 6.84. The SMILES string of the molecule is Cn1ncc(CC2CCCNCC2)n1. The van der Waals surface area contributed by atoms with Crippen LogP contribution in [0.5, 0.6) is 0 Å². The van der Waals surface area contributed by atoms with Gasteiger partial charge in [-0.1, -0.05) is 0 Å². The van der Waals surface area contributed by atoms with Crippen LogP contribution in [0.2, 0.25) is 0 Å². The molecule has 2 heterocycles. The minimum Gasteiger partial charge on any atom is -0.317 e. The van der Waals surface area contributed by atoms with Crippen LogP contribution in [0.3, 0.4) is 0 Å². The van der Waals surface area contributed by atoms with Crippen LogP contribution in [0.25, 0.3) is 0 Å². The molecule has 1 atom stereocenters. The highest BCUT2D eigenvalue weighted by atomic mass is 15.4. The van der Waals surface area contributed by atoms with Crippen molar-refractivity contribution >= 4 is 0 Å². The van der Waals surface area contributed by atoms with E-state index >= 15 is 0 Å². The monoisotopic (exact) mass is 194 g/mol. The Kier molecular flexibility index (Phi) is 3.14. The summed E-state index contributed by atoms with van der Waals surface area (Å²) in [4.78, 5) is 1.64. The first-order valence-corrected chi connectivity index (χ1v) is 5.40. The molecule has 1 aliphatic heterocycles. The van der Waals surface area contributed by atoms with Gasteiger partial charge in [0.05, 0.1) is 11.9 Å². The predicted molar refractivity (Wildman–Crippen MR) is 54.9 cm³/mol. The van der Waals surface area contributed by atoms with E-state index in [-0.39, 0.29) is 0 Å². The standard InChI is InChI=1S/C10H18N4/c1-14-12-8-10(13-14)7-9-3-2-5-11-6-4-9/h8-9,11H,2-7H2,1H3. The Labute approximate surface area is 84.7 Å². The van der Waals surface area contributed by atoms with E-state index < -0.39 is 0 Å². The highest BCUT2D eigenvalue weighted by molar-refractivity contribution is 4.93. The van der Waals surface area contributed by atoms with Crippen LogP contribution in [0.4, 0.5) is 0 Å². The molecule has 2 rings (SSSR count). The van der Waals surface area contributed by atoms with Gasteiger partial charge < -0.3 is 5.32 Å². The molecule has 0 aromatic carbocycles. The molecule has 1 N–H and O–H groups in total. The van der Waals surface area contributed by atoms with Gasteiger partial charge in [-0.15, -0.1) is 0 Å². The van der Waals surface area contributed by atoms with Crippen molar-refractivity contribution in [3.63, 3.8) is 0 Å². The van der Waals surface area contributed by atoms with Gasteiger partial charge >= 0.3 is 0 Å². The fraction of sp³-hybridized carbons (Fsp3) is 0.800. The molecule has 0 spiro atoms. The number of aryl methyl sites for hydroxylation is 1. The van der Waals surface area contributed by atoms with Crippen LogP contribution in [0, 0.1) is 5.92 Å². The van der Waals surface area contributed by atoms with Crippen molar-refractivity contribution in [2.45, 2.75) is 25.7 Å². The van der Waals surface area contributed by atoms with Gasteiger partial charge in [0.25, 0.3) is 0 Å². The summed E-state index contributed by atoms with van der Waals surface area (Å²) in [5.74, 6) is 0.793. The number of rotatable bonds is 2. The topological polar surface area (TPSA) is 42.7 Å². The van der Waals surface area contributed by atoms with Gasteiger partial charge in [0.1, 0.15) is 0 Å². The number of aromatic nitrogens is 3. The van der Waals surface area contributed by atoms with Crippen LogP contribution >= 0.6 is 0 Å².